The second-order valence-electron chi connectivity index (χ2n) is 7.34. The van der Waals surface area contributed by atoms with E-state index in [0.29, 0.717) is 0 Å². The number of benzene rings is 2. The molecule has 0 aromatic heterocycles. The van der Waals surface area contributed by atoms with Crippen molar-refractivity contribution in [2.45, 2.75) is 31.2 Å². The molecule has 1 saturated heterocycles. The molecule has 1 heterocycles. The number of nitrogens with one attached hydrogen (secondary N) is 1. The first-order valence-electron chi connectivity index (χ1n) is 9.52. The van der Waals surface area contributed by atoms with Crippen LogP contribution in [0.3, 0.4) is 0 Å². The molecule has 0 atom stereocenters. The second kappa shape index (κ2) is 7.60. The molecular weight excluding hydrogens is 324 g/mol. The third-order valence-electron chi connectivity index (χ3n) is 5.69. The van der Waals surface area contributed by atoms with Gasteiger partial charge in [0.05, 0.1) is 18.6 Å². The molecule has 0 radical (unpaired) electrons. The maximum atomic E-state index is 13.0. The van der Waals surface area contributed by atoms with E-state index in [-0.39, 0.29) is 11.3 Å². The fourth-order valence-corrected chi connectivity index (χ4v) is 3.90. The van der Waals surface area contributed by atoms with E-state index in [4.69, 9.17) is 4.74 Å². The van der Waals surface area contributed by atoms with Gasteiger partial charge in [0, 0.05) is 25.3 Å². The van der Waals surface area contributed by atoms with Crippen LogP contribution in [0.25, 0.3) is 0 Å². The van der Waals surface area contributed by atoms with Crippen LogP contribution in [0.5, 0.6) is 0 Å². The lowest BCUT2D eigenvalue weighted by Crippen LogP contribution is -2.45. The van der Waals surface area contributed by atoms with E-state index < -0.39 is 0 Å². The highest BCUT2D eigenvalue weighted by atomic mass is 16.5. The summed E-state index contributed by atoms with van der Waals surface area (Å²) in [5.41, 5.74) is 2.93. The lowest BCUT2D eigenvalue weighted by atomic mass is 9.64. The van der Waals surface area contributed by atoms with Crippen molar-refractivity contribution in [2.24, 2.45) is 0 Å². The summed E-state index contributed by atoms with van der Waals surface area (Å²) in [7, 11) is 0. The van der Waals surface area contributed by atoms with Crippen molar-refractivity contribution < 1.29 is 9.53 Å². The van der Waals surface area contributed by atoms with Crippen molar-refractivity contribution in [1.82, 2.24) is 4.90 Å². The summed E-state index contributed by atoms with van der Waals surface area (Å²) in [4.78, 5) is 15.4. The molecule has 2 aromatic rings. The summed E-state index contributed by atoms with van der Waals surface area (Å²) in [5, 5.41) is 3.14. The molecule has 1 amide bonds. The van der Waals surface area contributed by atoms with Crippen molar-refractivity contribution in [3.05, 3.63) is 65.7 Å². The second-order valence-corrected chi connectivity index (χ2v) is 7.34. The molecule has 2 aromatic carbocycles. The number of hydrogen-bond acceptors (Lipinski definition) is 3. The summed E-state index contributed by atoms with van der Waals surface area (Å²) in [6.07, 6.45) is 2.97. The average Bonchev–Trinajstić information content (AvgIpc) is 2.64. The number of anilines is 1. The number of carbonyl (C=O) groups is 1. The molecule has 4 nitrogen and oxygen atoms in total. The zero-order valence-electron chi connectivity index (χ0n) is 15.1. The maximum Gasteiger partial charge on any atom is 0.235 e. The zero-order valence-corrected chi connectivity index (χ0v) is 15.1. The van der Waals surface area contributed by atoms with Crippen molar-refractivity contribution in [1.29, 1.82) is 0 Å². The topological polar surface area (TPSA) is 41.6 Å². The Kier molecular flexibility index (Phi) is 5.05. The van der Waals surface area contributed by atoms with E-state index in [1.165, 1.54) is 5.56 Å². The first kappa shape index (κ1) is 17.3. The molecule has 0 spiro atoms. The van der Waals surface area contributed by atoms with Gasteiger partial charge in [-0.25, -0.2) is 0 Å². The van der Waals surface area contributed by atoms with E-state index >= 15 is 0 Å². The van der Waals surface area contributed by atoms with Gasteiger partial charge in [0.2, 0.25) is 5.91 Å². The fraction of sp³-hybridized carbons (Fsp3) is 0.409. The van der Waals surface area contributed by atoms with E-state index in [0.717, 1.165) is 63.4 Å². The first-order chi connectivity index (χ1) is 12.8. The Morgan fingerprint density at radius 1 is 1.00 bits per heavy atom. The largest absolute Gasteiger partial charge is 0.379 e. The van der Waals surface area contributed by atoms with Crippen LogP contribution >= 0.6 is 0 Å². The molecule has 2 aliphatic rings. The molecule has 1 N–H and O–H groups in total. The van der Waals surface area contributed by atoms with Crippen LogP contribution < -0.4 is 5.32 Å². The summed E-state index contributed by atoms with van der Waals surface area (Å²) in [6, 6.07) is 18.4. The highest BCUT2D eigenvalue weighted by Gasteiger charge is 2.45. The lowest BCUT2D eigenvalue weighted by molar-refractivity contribution is -0.124. The predicted octanol–water partition coefficient (Wildman–Crippen LogP) is 3.58. The number of carbonyl (C=O) groups excluding carboxylic acids is 1. The number of rotatable bonds is 5. The number of hydrogen-bond donors (Lipinski definition) is 1. The minimum atomic E-state index is -0.353. The summed E-state index contributed by atoms with van der Waals surface area (Å²) in [5.74, 6) is 0.121. The Morgan fingerprint density at radius 3 is 2.31 bits per heavy atom. The van der Waals surface area contributed by atoms with E-state index in [1.54, 1.807) is 0 Å². The van der Waals surface area contributed by atoms with Gasteiger partial charge in [-0.1, -0.05) is 48.9 Å². The van der Waals surface area contributed by atoms with Gasteiger partial charge in [0.1, 0.15) is 0 Å². The van der Waals surface area contributed by atoms with E-state index in [2.05, 4.69) is 34.5 Å². The molecule has 4 rings (SSSR count). The van der Waals surface area contributed by atoms with Crippen molar-refractivity contribution in [3.8, 4) is 0 Å². The normalized spacial score (nSPS) is 19.5. The number of nitrogens with zero attached hydrogens (tertiary/aromatic N) is 1. The van der Waals surface area contributed by atoms with Crippen molar-refractivity contribution >= 4 is 11.6 Å². The third-order valence-corrected chi connectivity index (χ3v) is 5.69. The Hall–Kier alpha value is -2.17. The molecule has 1 aliphatic carbocycles. The summed E-state index contributed by atoms with van der Waals surface area (Å²) >= 11 is 0. The summed E-state index contributed by atoms with van der Waals surface area (Å²) < 4.78 is 5.40. The van der Waals surface area contributed by atoms with Crippen LogP contribution in [0.15, 0.2) is 54.6 Å². The van der Waals surface area contributed by atoms with Crippen molar-refractivity contribution in [2.75, 3.05) is 31.6 Å². The Morgan fingerprint density at radius 2 is 1.69 bits per heavy atom. The average molecular weight is 350 g/mol. The van der Waals surface area contributed by atoms with Crippen LogP contribution in [-0.4, -0.2) is 37.1 Å². The highest BCUT2D eigenvalue weighted by Crippen LogP contribution is 2.44. The molecule has 26 heavy (non-hydrogen) atoms. The maximum absolute atomic E-state index is 13.0. The number of amides is 1. The van der Waals surface area contributed by atoms with Gasteiger partial charge in [0.15, 0.2) is 0 Å². The molecule has 136 valence electrons. The minimum Gasteiger partial charge on any atom is -0.379 e. The molecule has 1 aliphatic heterocycles. The van der Waals surface area contributed by atoms with Crippen LogP contribution in [0.4, 0.5) is 5.69 Å². The summed E-state index contributed by atoms with van der Waals surface area (Å²) in [6.45, 7) is 4.53. The molecule has 0 unspecified atom stereocenters. The minimum absolute atomic E-state index is 0.121. The number of ether oxygens (including phenoxy) is 1. The fourth-order valence-electron chi connectivity index (χ4n) is 3.90. The standard InChI is InChI=1S/C22H26N2O2/c25-21(22(11-4-12-22)19-5-2-1-3-6-19)23-20-9-7-18(8-10-20)17-24-13-15-26-16-14-24/h1-3,5-10H,4,11-17H2,(H,23,25). The van der Waals surface area contributed by atoms with Gasteiger partial charge >= 0.3 is 0 Å². The van der Waals surface area contributed by atoms with E-state index in [9.17, 15) is 4.79 Å². The number of morpholine rings is 1. The van der Waals surface area contributed by atoms with Gasteiger partial charge in [0.25, 0.3) is 0 Å². The quantitative estimate of drug-likeness (QED) is 0.896. The van der Waals surface area contributed by atoms with Gasteiger partial charge in [-0.2, -0.15) is 0 Å². The molecule has 1 saturated carbocycles. The monoisotopic (exact) mass is 350 g/mol. The SMILES string of the molecule is O=C(Nc1ccc(CN2CCOCC2)cc1)C1(c2ccccc2)CCC1. The first-order valence-corrected chi connectivity index (χ1v) is 9.52. The lowest BCUT2D eigenvalue weighted by Gasteiger charge is -2.40. The van der Waals surface area contributed by atoms with Crippen LogP contribution in [0, 0.1) is 0 Å². The molecule has 2 fully saturated rings. The Labute approximate surface area is 155 Å². The van der Waals surface area contributed by atoms with Gasteiger partial charge < -0.3 is 10.1 Å². The van der Waals surface area contributed by atoms with Crippen LogP contribution in [0.1, 0.15) is 30.4 Å². The van der Waals surface area contributed by atoms with Crippen LogP contribution in [0.2, 0.25) is 0 Å². The third kappa shape index (κ3) is 3.53. The Balaban J connectivity index is 1.41. The van der Waals surface area contributed by atoms with Crippen molar-refractivity contribution in [3.63, 3.8) is 0 Å². The molecular formula is C22H26N2O2. The molecule has 0 bridgehead atoms. The van der Waals surface area contributed by atoms with Crippen LogP contribution in [-0.2, 0) is 21.5 Å². The predicted molar refractivity (Wildman–Crippen MR) is 103 cm³/mol. The smallest absolute Gasteiger partial charge is 0.235 e. The van der Waals surface area contributed by atoms with E-state index in [1.807, 2.05) is 30.3 Å². The van der Waals surface area contributed by atoms with Gasteiger partial charge in [-0.05, 0) is 36.1 Å². The van der Waals surface area contributed by atoms with Gasteiger partial charge in [-0.15, -0.1) is 0 Å². The Bertz CT molecular complexity index is 732. The zero-order chi connectivity index (χ0) is 17.8. The highest BCUT2D eigenvalue weighted by molar-refractivity contribution is 5.99. The molecule has 4 heteroatoms. The van der Waals surface area contributed by atoms with Gasteiger partial charge in [-0.3, -0.25) is 9.69 Å².